The van der Waals surface area contributed by atoms with Crippen molar-refractivity contribution in [2.45, 2.75) is 19.4 Å². The summed E-state index contributed by atoms with van der Waals surface area (Å²) in [5.41, 5.74) is 0.969. The zero-order chi connectivity index (χ0) is 15.0. The lowest BCUT2D eigenvalue weighted by Gasteiger charge is -2.15. The van der Waals surface area contributed by atoms with E-state index in [1.54, 1.807) is 19.2 Å². The van der Waals surface area contributed by atoms with Gasteiger partial charge in [-0.25, -0.2) is 0 Å². The number of nitrogens with one attached hydrogen (secondary N) is 2. The summed E-state index contributed by atoms with van der Waals surface area (Å²) in [4.78, 5) is 11.7. The highest BCUT2D eigenvalue weighted by Crippen LogP contribution is 2.21. The van der Waals surface area contributed by atoms with Gasteiger partial charge in [0.2, 0.25) is 5.91 Å². The maximum absolute atomic E-state index is 11.7. The highest BCUT2D eigenvalue weighted by Gasteiger charge is 2.10. The number of rotatable bonds is 8. The van der Waals surface area contributed by atoms with E-state index in [-0.39, 0.29) is 18.5 Å². The van der Waals surface area contributed by atoms with E-state index in [1.165, 1.54) is 0 Å². The molecule has 0 aliphatic rings. The second-order valence-corrected chi connectivity index (χ2v) is 5.42. The van der Waals surface area contributed by atoms with Crippen molar-refractivity contribution in [3.05, 3.63) is 33.8 Å². The number of carbonyl (C=O) groups excluding carboxylic acids is 1. The zero-order valence-electron chi connectivity index (χ0n) is 11.7. The molecule has 6 heteroatoms. The Kier molecular flexibility index (Phi) is 7.92. The number of ether oxygens (including phenoxy) is 1. The van der Waals surface area contributed by atoms with Crippen molar-refractivity contribution in [1.82, 2.24) is 10.6 Å². The summed E-state index contributed by atoms with van der Waals surface area (Å²) in [6.45, 7) is 3.46. The van der Waals surface area contributed by atoms with Gasteiger partial charge in [0.05, 0.1) is 13.2 Å². The molecule has 0 aliphatic heterocycles. The summed E-state index contributed by atoms with van der Waals surface area (Å²) < 4.78 is 4.89. The molecule has 0 bridgehead atoms. The van der Waals surface area contributed by atoms with Gasteiger partial charge in [0.1, 0.15) is 0 Å². The second kappa shape index (κ2) is 9.19. The summed E-state index contributed by atoms with van der Waals surface area (Å²) in [6.07, 6.45) is 0.666. The predicted octanol–water partition coefficient (Wildman–Crippen LogP) is 2.28. The molecule has 0 spiro atoms. The van der Waals surface area contributed by atoms with Crippen LogP contribution >= 0.6 is 23.2 Å². The van der Waals surface area contributed by atoms with Crippen molar-refractivity contribution in [2.75, 3.05) is 26.8 Å². The third-order valence-electron chi connectivity index (χ3n) is 2.72. The van der Waals surface area contributed by atoms with E-state index in [2.05, 4.69) is 10.6 Å². The average molecular weight is 319 g/mol. The molecule has 1 rings (SSSR count). The van der Waals surface area contributed by atoms with Crippen LogP contribution in [0.1, 0.15) is 12.5 Å². The fourth-order valence-corrected chi connectivity index (χ4v) is 2.26. The lowest BCUT2D eigenvalue weighted by molar-refractivity contribution is -0.120. The van der Waals surface area contributed by atoms with Crippen LogP contribution in [0, 0.1) is 0 Å². The lowest BCUT2D eigenvalue weighted by Crippen LogP contribution is -2.40. The standard InChI is InChI=1S/C14H20Cl2N2O2/c1-10(18-14(19)9-17-5-6-20-2)7-11-3-4-12(15)8-13(11)16/h3-4,8,10,17H,5-7,9H2,1-2H3,(H,18,19). The van der Waals surface area contributed by atoms with Gasteiger partial charge in [0.15, 0.2) is 0 Å². The molecule has 1 aromatic carbocycles. The van der Waals surface area contributed by atoms with Gasteiger partial charge in [0.25, 0.3) is 0 Å². The van der Waals surface area contributed by atoms with Crippen LogP contribution in [0.15, 0.2) is 18.2 Å². The highest BCUT2D eigenvalue weighted by atomic mass is 35.5. The van der Waals surface area contributed by atoms with Crippen LogP contribution in [0.25, 0.3) is 0 Å². The molecule has 1 amide bonds. The Morgan fingerprint density at radius 1 is 1.40 bits per heavy atom. The van der Waals surface area contributed by atoms with E-state index < -0.39 is 0 Å². The first-order valence-corrected chi connectivity index (χ1v) is 7.21. The Hall–Kier alpha value is -0.810. The van der Waals surface area contributed by atoms with E-state index in [0.717, 1.165) is 5.56 Å². The van der Waals surface area contributed by atoms with Crippen molar-refractivity contribution < 1.29 is 9.53 Å². The van der Waals surface area contributed by atoms with Gasteiger partial charge >= 0.3 is 0 Å². The Balaban J connectivity index is 2.35. The van der Waals surface area contributed by atoms with E-state index in [9.17, 15) is 4.79 Å². The molecule has 4 nitrogen and oxygen atoms in total. The minimum Gasteiger partial charge on any atom is -0.383 e. The van der Waals surface area contributed by atoms with Crippen molar-refractivity contribution in [1.29, 1.82) is 0 Å². The van der Waals surface area contributed by atoms with Crippen LogP contribution in [0.4, 0.5) is 0 Å². The molecule has 0 aliphatic carbocycles. The third-order valence-corrected chi connectivity index (χ3v) is 3.30. The molecular weight excluding hydrogens is 299 g/mol. The molecule has 2 N–H and O–H groups in total. The fourth-order valence-electron chi connectivity index (χ4n) is 1.77. The Morgan fingerprint density at radius 2 is 2.15 bits per heavy atom. The molecular formula is C14H20Cl2N2O2. The third kappa shape index (κ3) is 6.57. The predicted molar refractivity (Wildman–Crippen MR) is 82.5 cm³/mol. The van der Waals surface area contributed by atoms with Crippen molar-refractivity contribution in [3.8, 4) is 0 Å². The van der Waals surface area contributed by atoms with Gasteiger partial charge in [-0.05, 0) is 31.0 Å². The average Bonchev–Trinajstić information content (AvgIpc) is 2.38. The van der Waals surface area contributed by atoms with E-state index in [0.29, 0.717) is 29.6 Å². The van der Waals surface area contributed by atoms with E-state index >= 15 is 0 Å². The summed E-state index contributed by atoms with van der Waals surface area (Å²) in [7, 11) is 1.62. The summed E-state index contributed by atoms with van der Waals surface area (Å²) in [5.74, 6) is -0.0429. The molecule has 0 aromatic heterocycles. The van der Waals surface area contributed by atoms with E-state index in [1.807, 2.05) is 13.0 Å². The van der Waals surface area contributed by atoms with Crippen LogP contribution in [-0.4, -0.2) is 38.8 Å². The maximum atomic E-state index is 11.7. The summed E-state index contributed by atoms with van der Waals surface area (Å²) in [6, 6.07) is 5.39. The topological polar surface area (TPSA) is 50.4 Å². The maximum Gasteiger partial charge on any atom is 0.234 e. The number of hydrogen-bond acceptors (Lipinski definition) is 3. The smallest absolute Gasteiger partial charge is 0.234 e. The van der Waals surface area contributed by atoms with Crippen molar-refractivity contribution in [2.24, 2.45) is 0 Å². The largest absolute Gasteiger partial charge is 0.383 e. The molecule has 112 valence electrons. The summed E-state index contributed by atoms with van der Waals surface area (Å²) in [5, 5.41) is 7.14. The van der Waals surface area contributed by atoms with Gasteiger partial charge in [-0.15, -0.1) is 0 Å². The number of amides is 1. The van der Waals surface area contributed by atoms with E-state index in [4.69, 9.17) is 27.9 Å². The molecule has 0 fully saturated rings. The molecule has 1 unspecified atom stereocenters. The van der Waals surface area contributed by atoms with Crippen LogP contribution < -0.4 is 10.6 Å². The molecule has 0 heterocycles. The number of methoxy groups -OCH3 is 1. The van der Waals surface area contributed by atoms with Crippen LogP contribution in [0.3, 0.4) is 0 Å². The van der Waals surface area contributed by atoms with Gasteiger partial charge in [0, 0.05) is 29.7 Å². The van der Waals surface area contributed by atoms with Crippen molar-refractivity contribution in [3.63, 3.8) is 0 Å². The van der Waals surface area contributed by atoms with Gasteiger partial charge in [-0.3, -0.25) is 4.79 Å². The molecule has 1 atom stereocenters. The first-order chi connectivity index (χ1) is 9.52. The number of halogens is 2. The molecule has 1 aromatic rings. The molecule has 0 radical (unpaired) electrons. The van der Waals surface area contributed by atoms with Crippen molar-refractivity contribution >= 4 is 29.1 Å². The fraction of sp³-hybridized carbons (Fsp3) is 0.500. The van der Waals surface area contributed by atoms with Gasteiger partial charge < -0.3 is 15.4 Å². The minimum atomic E-state index is -0.0429. The van der Waals surface area contributed by atoms with Crippen LogP contribution in [-0.2, 0) is 16.0 Å². The first kappa shape index (κ1) is 17.2. The normalized spacial score (nSPS) is 12.2. The zero-order valence-corrected chi connectivity index (χ0v) is 13.2. The molecule has 20 heavy (non-hydrogen) atoms. The number of benzene rings is 1. The molecule has 0 saturated heterocycles. The first-order valence-electron chi connectivity index (χ1n) is 6.46. The highest BCUT2D eigenvalue weighted by molar-refractivity contribution is 6.35. The Bertz CT molecular complexity index is 441. The minimum absolute atomic E-state index is 0.00500. The summed E-state index contributed by atoms with van der Waals surface area (Å²) >= 11 is 12.0. The second-order valence-electron chi connectivity index (χ2n) is 4.58. The monoisotopic (exact) mass is 318 g/mol. The SMILES string of the molecule is COCCNCC(=O)NC(C)Cc1ccc(Cl)cc1Cl. The van der Waals surface area contributed by atoms with Crippen LogP contribution in [0.5, 0.6) is 0 Å². The molecule has 0 saturated carbocycles. The van der Waals surface area contributed by atoms with Gasteiger partial charge in [-0.2, -0.15) is 0 Å². The Labute approximate surface area is 129 Å². The number of carbonyl (C=O) groups is 1. The van der Waals surface area contributed by atoms with Gasteiger partial charge in [-0.1, -0.05) is 29.3 Å². The Morgan fingerprint density at radius 3 is 2.80 bits per heavy atom. The van der Waals surface area contributed by atoms with Crippen LogP contribution in [0.2, 0.25) is 10.0 Å². The quantitative estimate of drug-likeness (QED) is 0.723. The number of hydrogen-bond donors (Lipinski definition) is 2. The lowest BCUT2D eigenvalue weighted by atomic mass is 10.1.